The number of rotatable bonds is 13. The third-order valence-corrected chi connectivity index (χ3v) is 12.8. The molecule has 3 amide bonds. The molecule has 2 aliphatic carbocycles. The van der Waals surface area contributed by atoms with Gasteiger partial charge in [0.25, 0.3) is 11.8 Å². The number of benzene rings is 3. The van der Waals surface area contributed by atoms with Crippen LogP contribution >= 0.6 is 23.2 Å². The Bertz CT molecular complexity index is 2700. The molecule has 0 radical (unpaired) electrons. The molecule has 0 bridgehead atoms. The molecule has 1 fully saturated rings. The van der Waals surface area contributed by atoms with Crippen molar-refractivity contribution in [3.05, 3.63) is 110 Å². The van der Waals surface area contributed by atoms with Crippen LogP contribution in [0.4, 0.5) is 28.9 Å². The van der Waals surface area contributed by atoms with Crippen molar-refractivity contribution < 1.29 is 59.2 Å². The van der Waals surface area contributed by atoms with Crippen LogP contribution in [-0.2, 0) is 41.6 Å². The third kappa shape index (κ3) is 12.1. The first-order valence-corrected chi connectivity index (χ1v) is 24.0. The molecule has 2 unspecified atom stereocenters. The fraction of sp³-hybridized carbons (Fsp3) is 0.396. The number of sulfone groups is 1. The minimum atomic E-state index is -4.71. The van der Waals surface area contributed by atoms with E-state index in [1.54, 1.807) is 18.9 Å². The van der Waals surface area contributed by atoms with E-state index in [4.69, 9.17) is 43.6 Å². The average Bonchev–Trinajstić information content (AvgIpc) is 3.96. The Balaban J connectivity index is 0.000000190. The molecule has 1 aliphatic heterocycles. The smallest absolute Gasteiger partial charge is 0.416 e. The SMILES string of the molecule is C#CC(C)Oc1cc(N2C(=O)C3=C(CCCC3)C2=O)c(F)cc1Cl.CCc1cccc(C)c1N(C(=O)CCl)C(C)COC.CS(=O)(=O)c1cc(C(F)(F)F)ccc1C(=O)c1cnoc1C1CC1. The minimum Gasteiger partial charge on any atom is -0.476 e. The predicted molar refractivity (Wildman–Crippen MR) is 245 cm³/mol. The minimum absolute atomic E-state index is 0.0223. The van der Waals surface area contributed by atoms with Gasteiger partial charge in [-0.1, -0.05) is 47.8 Å². The second-order valence-corrected chi connectivity index (χ2v) is 18.8. The lowest BCUT2D eigenvalue weighted by atomic mass is 9.93. The Morgan fingerprint density at radius 3 is 2.22 bits per heavy atom. The normalized spacial score (nSPS) is 15.7. The topological polar surface area (TPSA) is 153 Å². The third-order valence-electron chi connectivity index (χ3n) is 11.1. The number of terminal acetylenes is 1. The number of alkyl halides is 4. The molecule has 19 heteroatoms. The maximum absolute atomic E-state index is 14.4. The van der Waals surface area contributed by atoms with Gasteiger partial charge in [-0.25, -0.2) is 17.7 Å². The van der Waals surface area contributed by atoms with Crippen molar-refractivity contribution in [1.82, 2.24) is 5.16 Å². The van der Waals surface area contributed by atoms with Crippen LogP contribution < -0.4 is 14.5 Å². The monoisotopic (exact) mass is 989 g/mol. The summed E-state index contributed by atoms with van der Waals surface area (Å²) in [5.41, 5.74) is 2.65. The molecule has 358 valence electrons. The second kappa shape index (κ2) is 22.0. The van der Waals surface area contributed by atoms with Crippen LogP contribution in [0.5, 0.6) is 5.75 Å². The number of carbonyl (C=O) groups is 4. The number of halogens is 6. The molecule has 0 spiro atoms. The largest absolute Gasteiger partial charge is 0.476 e. The summed E-state index contributed by atoms with van der Waals surface area (Å²) in [4.78, 5) is 51.9. The molecular weight excluding hydrogens is 942 g/mol. The van der Waals surface area contributed by atoms with Crippen molar-refractivity contribution in [2.24, 2.45) is 0 Å². The van der Waals surface area contributed by atoms with Gasteiger partial charge in [-0.15, -0.1) is 18.0 Å². The highest BCUT2D eigenvalue weighted by Gasteiger charge is 2.41. The quantitative estimate of drug-likeness (QED) is 0.0416. The summed E-state index contributed by atoms with van der Waals surface area (Å²) in [6.45, 7) is 8.19. The Labute approximate surface area is 396 Å². The van der Waals surface area contributed by atoms with E-state index in [0.29, 0.717) is 48.5 Å². The maximum atomic E-state index is 14.4. The number of carbonyl (C=O) groups excluding carboxylic acids is 4. The zero-order valence-electron chi connectivity index (χ0n) is 37.6. The number of ether oxygens (including phenoxy) is 2. The Morgan fingerprint density at radius 2 is 1.69 bits per heavy atom. The lowest BCUT2D eigenvalue weighted by molar-refractivity contribution is -0.137. The highest BCUT2D eigenvalue weighted by atomic mass is 35.5. The molecule has 67 heavy (non-hydrogen) atoms. The van der Waals surface area contributed by atoms with Gasteiger partial charge in [-0.05, 0) is 101 Å². The zero-order chi connectivity index (χ0) is 49.5. The van der Waals surface area contributed by atoms with Crippen LogP contribution in [0.15, 0.2) is 75.3 Å². The molecule has 1 saturated carbocycles. The van der Waals surface area contributed by atoms with E-state index in [-0.39, 0.29) is 51.3 Å². The van der Waals surface area contributed by atoms with E-state index in [2.05, 4.69) is 24.1 Å². The van der Waals surface area contributed by atoms with Crippen molar-refractivity contribution in [3.8, 4) is 18.1 Å². The summed E-state index contributed by atoms with van der Waals surface area (Å²) in [6.07, 6.45) is 7.20. The van der Waals surface area contributed by atoms with E-state index in [1.807, 2.05) is 26.0 Å². The van der Waals surface area contributed by atoms with E-state index in [1.165, 1.54) is 12.3 Å². The molecule has 1 aromatic heterocycles. The molecule has 2 atom stereocenters. The van der Waals surface area contributed by atoms with Crippen LogP contribution in [0.2, 0.25) is 5.02 Å². The summed E-state index contributed by atoms with van der Waals surface area (Å²) in [5, 5.41) is 3.58. The summed E-state index contributed by atoms with van der Waals surface area (Å²) in [7, 11) is -2.40. The Hall–Kier alpha value is -5.54. The van der Waals surface area contributed by atoms with Crippen LogP contribution in [0.3, 0.4) is 0 Å². The first kappa shape index (κ1) is 52.4. The molecule has 0 N–H and O–H groups in total. The number of hydrogen-bond acceptors (Lipinski definition) is 10. The van der Waals surface area contributed by atoms with Crippen LogP contribution in [0, 0.1) is 25.1 Å². The first-order chi connectivity index (χ1) is 31.6. The number of anilines is 2. The fourth-order valence-electron chi connectivity index (χ4n) is 7.68. The molecule has 3 aliphatic rings. The number of amides is 3. The number of nitrogens with zero attached hydrogens (tertiary/aromatic N) is 3. The van der Waals surface area contributed by atoms with Crippen molar-refractivity contribution in [3.63, 3.8) is 0 Å². The highest BCUT2D eigenvalue weighted by Crippen LogP contribution is 2.43. The van der Waals surface area contributed by atoms with Gasteiger partial charge in [0.1, 0.15) is 17.4 Å². The number of aromatic nitrogens is 1. The van der Waals surface area contributed by atoms with Gasteiger partial charge < -0.3 is 18.9 Å². The van der Waals surface area contributed by atoms with Gasteiger partial charge in [0.2, 0.25) is 5.91 Å². The average molecular weight is 991 g/mol. The summed E-state index contributed by atoms with van der Waals surface area (Å²) >= 11 is 11.7. The van der Waals surface area contributed by atoms with E-state index >= 15 is 0 Å². The van der Waals surface area contributed by atoms with Gasteiger partial charge in [-0.3, -0.25) is 19.2 Å². The van der Waals surface area contributed by atoms with Gasteiger partial charge in [0.05, 0.1) is 51.3 Å². The second-order valence-electron chi connectivity index (χ2n) is 16.1. The molecule has 2 heterocycles. The number of ketones is 1. The van der Waals surface area contributed by atoms with Gasteiger partial charge in [-0.2, -0.15) is 13.2 Å². The highest BCUT2D eigenvalue weighted by molar-refractivity contribution is 7.90. The summed E-state index contributed by atoms with van der Waals surface area (Å²) < 4.78 is 92.3. The predicted octanol–water partition coefficient (Wildman–Crippen LogP) is 9.99. The summed E-state index contributed by atoms with van der Waals surface area (Å²) in [5.74, 6) is 0.372. The molecule has 7 rings (SSSR count). The maximum Gasteiger partial charge on any atom is 0.416 e. The Morgan fingerprint density at radius 1 is 1.04 bits per heavy atom. The van der Waals surface area contributed by atoms with Gasteiger partial charge in [0.15, 0.2) is 27.5 Å². The molecule has 3 aromatic carbocycles. The number of para-hydroxylation sites is 1. The molecular formula is C48H49Cl2F4N3O9S. The van der Waals surface area contributed by atoms with Crippen LogP contribution in [0.1, 0.15) is 104 Å². The van der Waals surface area contributed by atoms with Gasteiger partial charge in [0, 0.05) is 42.1 Å². The van der Waals surface area contributed by atoms with E-state index in [9.17, 15) is 45.2 Å². The molecule has 12 nitrogen and oxygen atoms in total. The number of imide groups is 1. The van der Waals surface area contributed by atoms with Crippen molar-refractivity contribution in [2.45, 2.75) is 102 Å². The lowest BCUT2D eigenvalue weighted by Crippen LogP contribution is -2.43. The number of hydrogen-bond donors (Lipinski definition) is 0. The van der Waals surface area contributed by atoms with Crippen molar-refractivity contribution in [1.29, 1.82) is 0 Å². The van der Waals surface area contributed by atoms with Crippen molar-refractivity contribution in [2.75, 3.05) is 35.7 Å². The first-order valence-electron chi connectivity index (χ1n) is 21.2. The van der Waals surface area contributed by atoms with E-state index < -0.39 is 56.0 Å². The molecule has 4 aromatic rings. The standard InChI is InChI=1S/C18H15ClFNO3.C15H22ClNO2.C15H12F3NO4S/c1-3-10(2)24-16-9-15(14(20)8-13(16)19)21-17(22)11-6-4-5-7-12(11)18(21)23;1-5-13-8-6-7-11(2)15(13)17(14(18)9-16)12(3)10-19-4;1-24(21,22)12-6-9(15(16,17)18)4-5-10(12)13(20)11-7-19-23-14(11)8-2-3-8/h1,8-10H,4-7H2,2H3;6-8,12H,5,9-10H2,1-4H3;4-8H,2-3H2,1H3. The number of methoxy groups -OCH3 is 1. The Kier molecular flexibility index (Phi) is 17.3. The van der Waals surface area contributed by atoms with Gasteiger partial charge >= 0.3 is 6.18 Å². The van der Waals surface area contributed by atoms with Crippen LogP contribution in [0.25, 0.3) is 0 Å². The fourth-order valence-corrected chi connectivity index (χ4v) is 8.91. The van der Waals surface area contributed by atoms with Crippen LogP contribution in [-0.4, -0.2) is 75.1 Å². The zero-order valence-corrected chi connectivity index (χ0v) is 39.9. The van der Waals surface area contributed by atoms with Crippen molar-refractivity contribution >= 4 is 67.9 Å². The summed E-state index contributed by atoms with van der Waals surface area (Å²) in [6, 6.07) is 10.4. The molecule has 0 saturated heterocycles. The number of aryl methyl sites for hydroxylation is 2. The lowest BCUT2D eigenvalue weighted by Gasteiger charge is -2.31. The van der Waals surface area contributed by atoms with E-state index in [0.717, 1.165) is 72.2 Å².